The molecule has 1 aliphatic carbocycles. The van der Waals surface area contributed by atoms with E-state index in [0.29, 0.717) is 17.9 Å². The molecule has 1 unspecified atom stereocenters. The van der Waals surface area contributed by atoms with Crippen LogP contribution in [0.2, 0.25) is 0 Å². The third-order valence-corrected chi connectivity index (χ3v) is 3.60. The Kier molecular flexibility index (Phi) is 3.80. The molecule has 1 saturated carbocycles. The lowest BCUT2D eigenvalue weighted by molar-refractivity contribution is 0.291. The van der Waals surface area contributed by atoms with E-state index in [-0.39, 0.29) is 5.38 Å². The zero-order valence-electron chi connectivity index (χ0n) is 9.06. The summed E-state index contributed by atoms with van der Waals surface area (Å²) in [6.07, 6.45) is 5.21. The summed E-state index contributed by atoms with van der Waals surface area (Å²) in [7, 11) is 0. The standard InChI is InChI=1S/C13H15ClF2/c14-11(6-9-2-1-3-9)7-10-4-5-12(15)8-13(10)16/h4-5,8-9,11H,1-3,6-7H2. The van der Waals surface area contributed by atoms with Crippen LogP contribution >= 0.6 is 11.6 Å². The Labute approximate surface area is 99.6 Å². The molecule has 0 spiro atoms. The largest absolute Gasteiger partial charge is 0.207 e. The zero-order chi connectivity index (χ0) is 11.5. The van der Waals surface area contributed by atoms with Crippen molar-refractivity contribution in [1.29, 1.82) is 0 Å². The first-order valence-corrected chi connectivity index (χ1v) is 6.17. The molecule has 0 bridgehead atoms. The molecule has 0 nitrogen and oxygen atoms in total. The lowest BCUT2D eigenvalue weighted by atomic mass is 9.81. The number of rotatable bonds is 4. The first kappa shape index (κ1) is 11.8. The van der Waals surface area contributed by atoms with Crippen molar-refractivity contribution in [3.05, 3.63) is 35.4 Å². The first-order chi connectivity index (χ1) is 7.65. The fourth-order valence-electron chi connectivity index (χ4n) is 2.10. The third kappa shape index (κ3) is 2.94. The van der Waals surface area contributed by atoms with Crippen LogP contribution in [0.5, 0.6) is 0 Å². The number of hydrogen-bond donors (Lipinski definition) is 0. The molecule has 3 heteroatoms. The van der Waals surface area contributed by atoms with Gasteiger partial charge in [-0.3, -0.25) is 0 Å². The summed E-state index contributed by atoms with van der Waals surface area (Å²) >= 11 is 6.17. The van der Waals surface area contributed by atoms with Crippen molar-refractivity contribution >= 4 is 11.6 Å². The first-order valence-electron chi connectivity index (χ1n) is 5.73. The molecule has 0 radical (unpaired) electrons. The third-order valence-electron chi connectivity index (χ3n) is 3.27. The van der Waals surface area contributed by atoms with Crippen molar-refractivity contribution in [2.75, 3.05) is 0 Å². The highest BCUT2D eigenvalue weighted by molar-refractivity contribution is 6.20. The molecular weight excluding hydrogens is 230 g/mol. The minimum absolute atomic E-state index is 0.0368. The van der Waals surface area contributed by atoms with E-state index in [1.807, 2.05) is 0 Å². The average molecular weight is 245 g/mol. The Balaban J connectivity index is 1.91. The molecule has 1 aliphatic rings. The van der Waals surface area contributed by atoms with Crippen LogP contribution in [0, 0.1) is 17.6 Å². The molecule has 0 N–H and O–H groups in total. The molecule has 0 heterocycles. The molecule has 0 amide bonds. The smallest absolute Gasteiger partial charge is 0.129 e. The quantitative estimate of drug-likeness (QED) is 0.693. The topological polar surface area (TPSA) is 0 Å². The summed E-state index contributed by atoms with van der Waals surface area (Å²) in [4.78, 5) is 0. The van der Waals surface area contributed by atoms with Gasteiger partial charge in [-0.1, -0.05) is 25.3 Å². The lowest BCUT2D eigenvalue weighted by Crippen LogP contribution is -2.17. The number of halogens is 3. The Morgan fingerprint density at radius 2 is 2.06 bits per heavy atom. The van der Waals surface area contributed by atoms with E-state index in [2.05, 4.69) is 0 Å². The van der Waals surface area contributed by atoms with Crippen molar-refractivity contribution < 1.29 is 8.78 Å². The van der Waals surface area contributed by atoms with Crippen molar-refractivity contribution in [3.8, 4) is 0 Å². The van der Waals surface area contributed by atoms with Gasteiger partial charge in [0.05, 0.1) is 0 Å². The summed E-state index contributed by atoms with van der Waals surface area (Å²) < 4.78 is 26.0. The second-order valence-electron chi connectivity index (χ2n) is 4.57. The summed E-state index contributed by atoms with van der Waals surface area (Å²) in [5.74, 6) is -0.309. The minimum atomic E-state index is -0.536. The van der Waals surface area contributed by atoms with Crippen LogP contribution in [-0.2, 0) is 6.42 Å². The van der Waals surface area contributed by atoms with Gasteiger partial charge in [0, 0.05) is 11.4 Å². The highest BCUT2D eigenvalue weighted by Crippen LogP contribution is 2.32. The van der Waals surface area contributed by atoms with Gasteiger partial charge in [0.1, 0.15) is 11.6 Å². The van der Waals surface area contributed by atoms with E-state index in [9.17, 15) is 8.78 Å². The van der Waals surface area contributed by atoms with Crippen LogP contribution < -0.4 is 0 Å². The predicted molar refractivity (Wildman–Crippen MR) is 61.7 cm³/mol. The van der Waals surface area contributed by atoms with Crippen LogP contribution in [0.25, 0.3) is 0 Å². The highest BCUT2D eigenvalue weighted by atomic mass is 35.5. The van der Waals surface area contributed by atoms with Crippen molar-refractivity contribution in [2.45, 2.75) is 37.5 Å². The normalized spacial score (nSPS) is 18.2. The molecule has 88 valence electrons. The SMILES string of the molecule is Fc1ccc(CC(Cl)CC2CCC2)c(F)c1. The van der Waals surface area contributed by atoms with E-state index in [1.165, 1.54) is 31.4 Å². The van der Waals surface area contributed by atoms with Gasteiger partial charge in [-0.05, 0) is 30.4 Å². The Hall–Kier alpha value is -0.630. The maximum absolute atomic E-state index is 13.3. The molecule has 2 rings (SSSR count). The van der Waals surface area contributed by atoms with Crippen LogP contribution in [-0.4, -0.2) is 5.38 Å². The van der Waals surface area contributed by atoms with Gasteiger partial charge >= 0.3 is 0 Å². The zero-order valence-corrected chi connectivity index (χ0v) is 9.81. The van der Waals surface area contributed by atoms with Gasteiger partial charge in [-0.15, -0.1) is 11.6 Å². The van der Waals surface area contributed by atoms with E-state index in [1.54, 1.807) is 0 Å². The van der Waals surface area contributed by atoms with Gasteiger partial charge in [0.15, 0.2) is 0 Å². The van der Waals surface area contributed by atoms with Gasteiger partial charge in [0.25, 0.3) is 0 Å². The summed E-state index contributed by atoms with van der Waals surface area (Å²) in [5, 5.41) is -0.0368. The summed E-state index contributed by atoms with van der Waals surface area (Å²) in [6, 6.07) is 3.69. The second kappa shape index (κ2) is 5.13. The summed E-state index contributed by atoms with van der Waals surface area (Å²) in [5.41, 5.74) is 0.515. The Bertz CT molecular complexity index is 361. The molecule has 0 aliphatic heterocycles. The van der Waals surface area contributed by atoms with Crippen molar-refractivity contribution in [1.82, 2.24) is 0 Å². The number of hydrogen-bond acceptors (Lipinski definition) is 0. The average Bonchev–Trinajstić information content (AvgIpc) is 2.16. The molecule has 1 atom stereocenters. The molecule has 16 heavy (non-hydrogen) atoms. The van der Waals surface area contributed by atoms with E-state index >= 15 is 0 Å². The highest BCUT2D eigenvalue weighted by Gasteiger charge is 2.21. The van der Waals surface area contributed by atoms with Crippen LogP contribution in [0.3, 0.4) is 0 Å². The van der Waals surface area contributed by atoms with Crippen LogP contribution in [0.15, 0.2) is 18.2 Å². The summed E-state index contributed by atoms with van der Waals surface area (Å²) in [6.45, 7) is 0. The van der Waals surface area contributed by atoms with Gasteiger partial charge in [0.2, 0.25) is 0 Å². The van der Waals surface area contributed by atoms with Gasteiger partial charge < -0.3 is 0 Å². The monoisotopic (exact) mass is 244 g/mol. The number of alkyl halides is 1. The maximum Gasteiger partial charge on any atom is 0.129 e. The lowest BCUT2D eigenvalue weighted by Gasteiger charge is -2.27. The second-order valence-corrected chi connectivity index (χ2v) is 5.19. The van der Waals surface area contributed by atoms with E-state index in [4.69, 9.17) is 11.6 Å². The maximum atomic E-state index is 13.3. The van der Waals surface area contributed by atoms with Crippen molar-refractivity contribution in [2.24, 2.45) is 5.92 Å². The fraction of sp³-hybridized carbons (Fsp3) is 0.538. The molecule has 1 aromatic rings. The number of benzene rings is 1. The Morgan fingerprint density at radius 1 is 1.31 bits per heavy atom. The molecule has 1 aromatic carbocycles. The van der Waals surface area contributed by atoms with Crippen LogP contribution in [0.4, 0.5) is 8.78 Å². The van der Waals surface area contributed by atoms with E-state index in [0.717, 1.165) is 12.5 Å². The molecule has 0 aromatic heterocycles. The molecule has 1 fully saturated rings. The fourth-order valence-corrected chi connectivity index (χ4v) is 2.52. The van der Waals surface area contributed by atoms with E-state index < -0.39 is 11.6 Å². The minimum Gasteiger partial charge on any atom is -0.207 e. The van der Waals surface area contributed by atoms with Gasteiger partial charge in [-0.2, -0.15) is 0 Å². The van der Waals surface area contributed by atoms with Crippen LogP contribution in [0.1, 0.15) is 31.2 Å². The molecular formula is C13H15ClF2. The Morgan fingerprint density at radius 3 is 2.62 bits per heavy atom. The van der Waals surface area contributed by atoms with Gasteiger partial charge in [-0.25, -0.2) is 8.78 Å². The van der Waals surface area contributed by atoms with Crippen molar-refractivity contribution in [3.63, 3.8) is 0 Å². The molecule has 0 saturated heterocycles. The predicted octanol–water partition coefficient (Wildman–Crippen LogP) is 4.30.